The van der Waals surface area contributed by atoms with Gasteiger partial charge in [-0.1, -0.05) is 84.5 Å². The van der Waals surface area contributed by atoms with Crippen molar-refractivity contribution in [3.63, 3.8) is 0 Å². The topological polar surface area (TPSA) is 74.6 Å². The van der Waals surface area contributed by atoms with Gasteiger partial charge in [-0.15, -0.1) is 0 Å². The molecule has 0 aromatic rings. The molecular formula is C18H36MgO4. The van der Waals surface area contributed by atoms with Gasteiger partial charge < -0.3 is 13.1 Å². The number of hydrogen-bond donors (Lipinski definition) is 2. The van der Waals surface area contributed by atoms with E-state index in [0.29, 0.717) is 12.8 Å². The van der Waals surface area contributed by atoms with Crippen molar-refractivity contribution in [1.29, 1.82) is 0 Å². The van der Waals surface area contributed by atoms with Crippen molar-refractivity contribution in [2.75, 3.05) is 0 Å². The molecule has 0 aliphatic rings. The number of carboxylic acid groups (broad SMARTS) is 2. The number of aliphatic carboxylic acids is 2. The molecule has 0 heterocycles. The van der Waals surface area contributed by atoms with Gasteiger partial charge in [0.1, 0.15) is 0 Å². The van der Waals surface area contributed by atoms with Crippen molar-refractivity contribution in [2.24, 2.45) is 5.41 Å². The van der Waals surface area contributed by atoms with Crippen molar-refractivity contribution in [1.82, 2.24) is 0 Å². The van der Waals surface area contributed by atoms with Crippen molar-refractivity contribution < 1.29 is 22.7 Å². The average Bonchev–Trinajstić information content (AvgIpc) is 2.47. The molecule has 0 saturated carbocycles. The minimum absolute atomic E-state index is 0. The van der Waals surface area contributed by atoms with E-state index in [-0.39, 0.29) is 38.7 Å². The van der Waals surface area contributed by atoms with Crippen LogP contribution in [0.25, 0.3) is 0 Å². The monoisotopic (exact) mass is 340 g/mol. The summed E-state index contributed by atoms with van der Waals surface area (Å²) >= 11 is 0. The molecule has 0 unspecified atom stereocenters. The van der Waals surface area contributed by atoms with Crippen LogP contribution in [0.4, 0.5) is 0 Å². The van der Waals surface area contributed by atoms with Crippen LogP contribution in [0.3, 0.4) is 0 Å². The number of unbranched alkanes of at least 4 members (excludes halogenated alkanes) is 9. The van der Waals surface area contributed by atoms with Crippen LogP contribution in [0.5, 0.6) is 0 Å². The molecule has 0 fully saturated rings. The van der Waals surface area contributed by atoms with Crippen LogP contribution < -0.4 is 0 Å². The predicted molar refractivity (Wildman–Crippen MR) is 97.1 cm³/mol. The largest absolute Gasteiger partial charge is 2.00 e. The van der Waals surface area contributed by atoms with E-state index in [1.54, 1.807) is 0 Å². The van der Waals surface area contributed by atoms with Crippen LogP contribution in [0.15, 0.2) is 0 Å². The first-order valence-corrected chi connectivity index (χ1v) is 8.98. The number of carboxylic acids is 2. The minimum atomic E-state index is -1.57. The maximum Gasteiger partial charge on any atom is 2.00 e. The Morgan fingerprint density at radius 1 is 0.696 bits per heavy atom. The Morgan fingerprint density at radius 3 is 1.43 bits per heavy atom. The van der Waals surface area contributed by atoms with Crippen molar-refractivity contribution in [3.8, 4) is 0 Å². The van der Waals surface area contributed by atoms with Crippen LogP contribution in [0, 0.1) is 5.41 Å². The van der Waals surface area contributed by atoms with E-state index < -0.39 is 17.4 Å². The Morgan fingerprint density at radius 2 is 1.09 bits per heavy atom. The van der Waals surface area contributed by atoms with Gasteiger partial charge in [0.2, 0.25) is 0 Å². The van der Waals surface area contributed by atoms with Crippen LogP contribution in [-0.4, -0.2) is 45.2 Å². The number of carbonyl (C=O) groups is 2. The molecule has 0 saturated heterocycles. The van der Waals surface area contributed by atoms with Gasteiger partial charge in [-0.05, 0) is 12.8 Å². The predicted octanol–water partition coefficient (Wildman–Crippen LogP) is 5.10. The Kier molecular flexibility index (Phi) is 16.5. The van der Waals surface area contributed by atoms with Crippen molar-refractivity contribution in [2.45, 2.75) is 97.3 Å². The molecule has 23 heavy (non-hydrogen) atoms. The van der Waals surface area contributed by atoms with Crippen LogP contribution in [0.2, 0.25) is 0 Å². The quantitative estimate of drug-likeness (QED) is 0.247. The summed E-state index contributed by atoms with van der Waals surface area (Å²) in [4.78, 5) is 22.7. The van der Waals surface area contributed by atoms with Gasteiger partial charge in [-0.3, -0.25) is 9.59 Å². The van der Waals surface area contributed by atoms with E-state index >= 15 is 0 Å². The third-order valence-electron chi connectivity index (χ3n) is 4.45. The second-order valence-electron chi connectivity index (χ2n) is 6.37. The summed E-state index contributed by atoms with van der Waals surface area (Å²) in [7, 11) is 0. The van der Waals surface area contributed by atoms with Gasteiger partial charge >= 0.3 is 35.0 Å². The van der Waals surface area contributed by atoms with E-state index in [2.05, 4.69) is 6.92 Å². The average molecular weight is 341 g/mol. The van der Waals surface area contributed by atoms with Gasteiger partial charge in [0, 0.05) is 0 Å². The SMILES string of the molecule is CCCCCCCCCCCCC(CCC)(C(=O)O)C(=O)O.[H-].[H-].[Mg+2]. The summed E-state index contributed by atoms with van der Waals surface area (Å²) in [6.07, 6.45) is 12.7. The van der Waals surface area contributed by atoms with Crippen LogP contribution >= 0.6 is 0 Å². The summed E-state index contributed by atoms with van der Waals surface area (Å²) in [5.41, 5.74) is -1.57. The summed E-state index contributed by atoms with van der Waals surface area (Å²) in [6.45, 7) is 4.05. The second-order valence-corrected chi connectivity index (χ2v) is 6.37. The fourth-order valence-corrected chi connectivity index (χ4v) is 2.99. The molecule has 0 rings (SSSR count). The molecule has 0 aromatic heterocycles. The molecule has 0 aliphatic carbocycles. The zero-order chi connectivity index (χ0) is 16.8. The van der Waals surface area contributed by atoms with Crippen LogP contribution in [-0.2, 0) is 9.59 Å². The van der Waals surface area contributed by atoms with Gasteiger partial charge in [0.05, 0.1) is 0 Å². The normalized spacial score (nSPS) is 11.0. The summed E-state index contributed by atoms with van der Waals surface area (Å²) in [5.74, 6) is -2.37. The fourth-order valence-electron chi connectivity index (χ4n) is 2.99. The molecule has 0 amide bonds. The van der Waals surface area contributed by atoms with E-state index in [9.17, 15) is 19.8 Å². The molecule has 0 radical (unpaired) electrons. The third-order valence-corrected chi connectivity index (χ3v) is 4.45. The molecule has 0 aromatic carbocycles. The Balaban J connectivity index is -0.000000735. The van der Waals surface area contributed by atoms with Gasteiger partial charge in [-0.25, -0.2) is 0 Å². The van der Waals surface area contributed by atoms with Gasteiger partial charge in [0.15, 0.2) is 5.41 Å². The molecule has 134 valence electrons. The van der Waals surface area contributed by atoms with Gasteiger partial charge in [-0.2, -0.15) is 0 Å². The smallest absolute Gasteiger partial charge is 1.00 e. The molecule has 0 atom stereocenters. The first-order valence-electron chi connectivity index (χ1n) is 8.98. The van der Waals surface area contributed by atoms with E-state index in [0.717, 1.165) is 12.8 Å². The first kappa shape index (κ1) is 25.0. The van der Waals surface area contributed by atoms with E-state index in [4.69, 9.17) is 0 Å². The number of hydrogen-bond acceptors (Lipinski definition) is 2. The third kappa shape index (κ3) is 10.2. The zero-order valence-electron chi connectivity index (χ0n) is 17.1. The molecule has 0 bridgehead atoms. The second kappa shape index (κ2) is 15.2. The molecule has 2 N–H and O–H groups in total. The molecule has 0 spiro atoms. The summed E-state index contributed by atoms with van der Waals surface area (Å²) < 4.78 is 0. The van der Waals surface area contributed by atoms with Crippen molar-refractivity contribution >= 4 is 35.0 Å². The summed E-state index contributed by atoms with van der Waals surface area (Å²) in [6, 6.07) is 0. The van der Waals surface area contributed by atoms with E-state index in [1.807, 2.05) is 6.92 Å². The fraction of sp³-hybridized carbons (Fsp3) is 0.889. The molecular weight excluding hydrogens is 304 g/mol. The number of rotatable bonds is 15. The van der Waals surface area contributed by atoms with Crippen LogP contribution in [0.1, 0.15) is 100 Å². The first-order chi connectivity index (χ1) is 10.5. The van der Waals surface area contributed by atoms with Crippen molar-refractivity contribution in [3.05, 3.63) is 0 Å². The van der Waals surface area contributed by atoms with E-state index in [1.165, 1.54) is 44.9 Å². The molecule has 5 heteroatoms. The zero-order valence-corrected chi connectivity index (χ0v) is 16.5. The Bertz CT molecular complexity index is 314. The van der Waals surface area contributed by atoms with Gasteiger partial charge in [0.25, 0.3) is 0 Å². The molecule has 0 aliphatic heterocycles. The maximum absolute atomic E-state index is 11.4. The minimum Gasteiger partial charge on any atom is -1.00 e. The summed E-state index contributed by atoms with van der Waals surface area (Å²) in [5, 5.41) is 18.6. The Hall–Kier alpha value is -0.294. The Labute approximate surface area is 160 Å². The standard InChI is InChI=1S/C18H34O4.Mg.2H/c1-3-5-6-7-8-9-10-11-12-13-15-18(14-4-2,16(19)20)17(21)22;;;/h3-15H2,1-2H3,(H,19,20)(H,21,22);;;/q;+2;2*-1. The maximum atomic E-state index is 11.4. The molecule has 4 nitrogen and oxygen atoms in total.